The molecule has 1 rings (SSSR count). The van der Waals surface area contributed by atoms with Gasteiger partial charge in [0.1, 0.15) is 0 Å². The topological polar surface area (TPSA) is 29.4 Å². The summed E-state index contributed by atoms with van der Waals surface area (Å²) in [6.07, 6.45) is 0. The first-order chi connectivity index (χ1) is 7.13. The van der Waals surface area contributed by atoms with Crippen molar-refractivity contribution in [3.8, 4) is 0 Å². The SMILES string of the molecule is CCSC(C)=NC(=O)c1ccc(Br)cc1. The van der Waals surface area contributed by atoms with Gasteiger partial charge in [0.05, 0.1) is 5.04 Å². The number of amides is 1. The third kappa shape index (κ3) is 4.18. The smallest absolute Gasteiger partial charge is 0.267 e. The summed E-state index contributed by atoms with van der Waals surface area (Å²) in [6.45, 7) is 3.89. The Morgan fingerprint density at radius 2 is 2.00 bits per heavy atom. The van der Waals surface area contributed by atoms with Crippen LogP contribution in [0.3, 0.4) is 0 Å². The first-order valence-corrected chi connectivity index (χ1v) is 6.39. The minimum absolute atomic E-state index is 0.180. The molecule has 0 radical (unpaired) electrons. The van der Waals surface area contributed by atoms with Crippen LogP contribution in [0.5, 0.6) is 0 Å². The van der Waals surface area contributed by atoms with Crippen molar-refractivity contribution in [2.75, 3.05) is 5.75 Å². The number of hydrogen-bond donors (Lipinski definition) is 0. The van der Waals surface area contributed by atoms with Crippen molar-refractivity contribution in [2.45, 2.75) is 13.8 Å². The lowest BCUT2D eigenvalue weighted by Gasteiger charge is -1.98. The molecule has 0 aliphatic rings. The first kappa shape index (κ1) is 12.5. The molecule has 1 aromatic rings. The number of carbonyl (C=O) groups excluding carboxylic acids is 1. The van der Waals surface area contributed by atoms with Crippen LogP contribution in [0.4, 0.5) is 0 Å². The zero-order chi connectivity index (χ0) is 11.3. The van der Waals surface area contributed by atoms with E-state index in [4.69, 9.17) is 0 Å². The van der Waals surface area contributed by atoms with Crippen molar-refractivity contribution in [3.05, 3.63) is 34.3 Å². The number of carbonyl (C=O) groups is 1. The second kappa shape index (κ2) is 6.08. The molecule has 0 heterocycles. The fourth-order valence-electron chi connectivity index (χ4n) is 1.04. The Hall–Kier alpha value is -0.610. The Morgan fingerprint density at radius 3 is 2.53 bits per heavy atom. The van der Waals surface area contributed by atoms with E-state index in [1.54, 1.807) is 23.9 Å². The van der Waals surface area contributed by atoms with E-state index < -0.39 is 0 Å². The van der Waals surface area contributed by atoms with Gasteiger partial charge in [-0.1, -0.05) is 22.9 Å². The second-order valence-electron chi connectivity index (χ2n) is 2.88. The minimum atomic E-state index is -0.180. The highest BCUT2D eigenvalue weighted by Gasteiger charge is 2.03. The Balaban J connectivity index is 2.77. The minimum Gasteiger partial charge on any atom is -0.267 e. The van der Waals surface area contributed by atoms with Gasteiger partial charge in [-0.25, -0.2) is 4.99 Å². The third-order valence-corrected chi connectivity index (χ3v) is 3.03. The summed E-state index contributed by atoms with van der Waals surface area (Å²) >= 11 is 4.90. The lowest BCUT2D eigenvalue weighted by Crippen LogP contribution is -1.98. The van der Waals surface area contributed by atoms with Crippen molar-refractivity contribution in [3.63, 3.8) is 0 Å². The molecule has 4 heteroatoms. The lowest BCUT2D eigenvalue weighted by molar-refractivity contribution is 0.100. The number of hydrogen-bond acceptors (Lipinski definition) is 2. The molecular weight excluding hydrogens is 274 g/mol. The molecule has 0 aromatic heterocycles. The van der Waals surface area contributed by atoms with Crippen LogP contribution in [-0.2, 0) is 0 Å². The maximum absolute atomic E-state index is 11.6. The molecule has 1 aromatic carbocycles. The van der Waals surface area contributed by atoms with Crippen LogP contribution in [0, 0.1) is 0 Å². The van der Waals surface area contributed by atoms with Crippen LogP contribution >= 0.6 is 27.7 Å². The number of benzene rings is 1. The zero-order valence-corrected chi connectivity index (χ0v) is 11.1. The third-order valence-electron chi connectivity index (χ3n) is 1.70. The van der Waals surface area contributed by atoms with Crippen LogP contribution in [0.25, 0.3) is 0 Å². The van der Waals surface area contributed by atoms with E-state index in [1.807, 2.05) is 26.0 Å². The number of nitrogens with zero attached hydrogens (tertiary/aromatic N) is 1. The van der Waals surface area contributed by atoms with Gasteiger partial charge in [-0.3, -0.25) is 4.79 Å². The molecule has 0 saturated heterocycles. The summed E-state index contributed by atoms with van der Waals surface area (Å²) < 4.78 is 0.961. The number of aliphatic imine (C=N–C) groups is 1. The molecule has 0 aliphatic heterocycles. The van der Waals surface area contributed by atoms with Crippen molar-refractivity contribution in [1.82, 2.24) is 0 Å². The molecule has 0 aliphatic carbocycles. The van der Waals surface area contributed by atoms with Gasteiger partial charge in [0.15, 0.2) is 0 Å². The molecule has 1 amide bonds. The van der Waals surface area contributed by atoms with Crippen molar-refractivity contribution in [1.29, 1.82) is 0 Å². The molecule has 80 valence electrons. The molecule has 0 bridgehead atoms. The highest BCUT2D eigenvalue weighted by molar-refractivity contribution is 9.10. The van der Waals surface area contributed by atoms with Gasteiger partial charge in [0, 0.05) is 10.0 Å². The molecule has 0 spiro atoms. The van der Waals surface area contributed by atoms with Gasteiger partial charge in [0.2, 0.25) is 0 Å². The van der Waals surface area contributed by atoms with Gasteiger partial charge in [0.25, 0.3) is 5.91 Å². The molecular formula is C11H12BrNOS. The summed E-state index contributed by atoms with van der Waals surface area (Å²) in [7, 11) is 0. The molecule has 0 unspecified atom stereocenters. The monoisotopic (exact) mass is 285 g/mol. The fourth-order valence-corrected chi connectivity index (χ4v) is 1.87. The summed E-state index contributed by atoms with van der Waals surface area (Å²) in [5.41, 5.74) is 0.620. The van der Waals surface area contributed by atoms with E-state index >= 15 is 0 Å². The standard InChI is InChI=1S/C11H12BrNOS/c1-3-15-8(2)13-11(14)9-4-6-10(12)7-5-9/h4-7H,3H2,1-2H3. The van der Waals surface area contributed by atoms with E-state index in [0.717, 1.165) is 15.3 Å². The lowest BCUT2D eigenvalue weighted by atomic mass is 10.2. The number of rotatable bonds is 2. The Kier molecular flexibility index (Phi) is 5.05. The predicted molar refractivity (Wildman–Crippen MR) is 69.7 cm³/mol. The maximum atomic E-state index is 11.6. The Morgan fingerprint density at radius 1 is 1.40 bits per heavy atom. The largest absolute Gasteiger partial charge is 0.277 e. The van der Waals surface area contributed by atoms with E-state index in [1.165, 1.54) is 0 Å². The van der Waals surface area contributed by atoms with Gasteiger partial charge < -0.3 is 0 Å². The Bertz CT molecular complexity index is 373. The van der Waals surface area contributed by atoms with Crippen molar-refractivity contribution >= 4 is 38.6 Å². The second-order valence-corrected chi connectivity index (χ2v) is 5.25. The molecule has 15 heavy (non-hydrogen) atoms. The molecule has 0 saturated carbocycles. The summed E-state index contributed by atoms with van der Waals surface area (Å²) in [5, 5.41) is 0.811. The highest BCUT2D eigenvalue weighted by atomic mass is 79.9. The summed E-state index contributed by atoms with van der Waals surface area (Å²) in [5.74, 6) is 0.754. The first-order valence-electron chi connectivity index (χ1n) is 4.61. The fraction of sp³-hybridized carbons (Fsp3) is 0.273. The molecule has 0 N–H and O–H groups in total. The number of thioether (sulfide) groups is 1. The van der Waals surface area contributed by atoms with Gasteiger partial charge >= 0.3 is 0 Å². The predicted octanol–water partition coefficient (Wildman–Crippen LogP) is 3.76. The van der Waals surface area contributed by atoms with E-state index in [-0.39, 0.29) is 5.91 Å². The molecule has 0 fully saturated rings. The molecule has 0 atom stereocenters. The number of halogens is 1. The highest BCUT2D eigenvalue weighted by Crippen LogP contribution is 2.12. The van der Waals surface area contributed by atoms with Gasteiger partial charge in [-0.05, 0) is 36.9 Å². The quantitative estimate of drug-likeness (QED) is 0.612. The van der Waals surface area contributed by atoms with Crippen LogP contribution in [0.1, 0.15) is 24.2 Å². The van der Waals surface area contributed by atoms with Gasteiger partial charge in [-0.15, -0.1) is 11.8 Å². The Labute approximate surface area is 102 Å². The van der Waals surface area contributed by atoms with Gasteiger partial charge in [-0.2, -0.15) is 0 Å². The average molecular weight is 286 g/mol. The summed E-state index contributed by atoms with van der Waals surface area (Å²) in [4.78, 5) is 15.6. The zero-order valence-electron chi connectivity index (χ0n) is 8.66. The van der Waals surface area contributed by atoms with Crippen molar-refractivity contribution in [2.24, 2.45) is 4.99 Å². The van der Waals surface area contributed by atoms with Crippen LogP contribution in [0.15, 0.2) is 33.7 Å². The van der Waals surface area contributed by atoms with E-state index in [9.17, 15) is 4.79 Å². The summed E-state index contributed by atoms with van der Waals surface area (Å²) in [6, 6.07) is 7.20. The van der Waals surface area contributed by atoms with E-state index in [2.05, 4.69) is 20.9 Å². The average Bonchev–Trinajstić information content (AvgIpc) is 2.18. The van der Waals surface area contributed by atoms with Crippen LogP contribution in [-0.4, -0.2) is 16.7 Å². The van der Waals surface area contributed by atoms with Crippen molar-refractivity contribution < 1.29 is 4.79 Å². The van der Waals surface area contributed by atoms with Crippen LogP contribution < -0.4 is 0 Å². The normalized spacial score (nSPS) is 11.5. The maximum Gasteiger partial charge on any atom is 0.277 e. The molecule has 2 nitrogen and oxygen atoms in total. The van der Waals surface area contributed by atoms with E-state index in [0.29, 0.717) is 5.56 Å². The van der Waals surface area contributed by atoms with Crippen LogP contribution in [0.2, 0.25) is 0 Å².